The van der Waals surface area contributed by atoms with Gasteiger partial charge in [-0.2, -0.15) is 0 Å². The normalized spacial score (nSPS) is 12.4. The summed E-state index contributed by atoms with van der Waals surface area (Å²) in [6.45, 7) is 2.10. The molecule has 2 rings (SSSR count). The molecule has 0 aliphatic heterocycles. The van der Waals surface area contributed by atoms with Crippen LogP contribution in [0, 0.1) is 6.92 Å². The number of halogens is 1. The van der Waals surface area contributed by atoms with Crippen molar-refractivity contribution < 1.29 is 4.74 Å². The van der Waals surface area contributed by atoms with Gasteiger partial charge in [-0.3, -0.25) is 0 Å². The highest BCUT2D eigenvalue weighted by molar-refractivity contribution is 7.16. The van der Waals surface area contributed by atoms with Gasteiger partial charge in [0.2, 0.25) is 0 Å². The van der Waals surface area contributed by atoms with Crippen molar-refractivity contribution in [1.29, 1.82) is 0 Å². The topological polar surface area (TPSA) is 21.3 Å². The molecule has 102 valence electrons. The Kier molecular flexibility index (Phi) is 4.86. The molecule has 0 amide bonds. The van der Waals surface area contributed by atoms with E-state index in [0.29, 0.717) is 0 Å². The summed E-state index contributed by atoms with van der Waals surface area (Å²) in [5.41, 5.74) is 2.46. The zero-order valence-electron chi connectivity index (χ0n) is 11.4. The van der Waals surface area contributed by atoms with Crippen LogP contribution in [-0.4, -0.2) is 14.2 Å². The minimum atomic E-state index is 0.258. The SMILES string of the molecule is CNC(Cc1cc(C)ccc1OC)c1ccc(Cl)s1. The lowest BCUT2D eigenvalue weighted by Gasteiger charge is -2.17. The average Bonchev–Trinajstić information content (AvgIpc) is 2.82. The van der Waals surface area contributed by atoms with Crippen LogP contribution in [0.25, 0.3) is 0 Å². The van der Waals surface area contributed by atoms with E-state index in [0.717, 1.165) is 16.5 Å². The van der Waals surface area contributed by atoms with Gasteiger partial charge in [0.25, 0.3) is 0 Å². The Hall–Kier alpha value is -1.03. The molecular formula is C15H18ClNOS. The second-order valence-corrected chi connectivity index (χ2v) is 6.25. The molecule has 0 radical (unpaired) electrons. The molecule has 0 saturated heterocycles. The number of rotatable bonds is 5. The third kappa shape index (κ3) is 3.50. The fourth-order valence-corrected chi connectivity index (χ4v) is 3.32. The van der Waals surface area contributed by atoms with Crippen LogP contribution in [0.1, 0.15) is 22.0 Å². The van der Waals surface area contributed by atoms with Gasteiger partial charge < -0.3 is 10.1 Å². The summed E-state index contributed by atoms with van der Waals surface area (Å²) in [7, 11) is 3.69. The second kappa shape index (κ2) is 6.42. The van der Waals surface area contributed by atoms with E-state index in [1.165, 1.54) is 16.0 Å². The van der Waals surface area contributed by atoms with Gasteiger partial charge in [-0.05, 0) is 44.2 Å². The van der Waals surface area contributed by atoms with Crippen molar-refractivity contribution in [2.45, 2.75) is 19.4 Å². The summed E-state index contributed by atoms with van der Waals surface area (Å²) < 4.78 is 6.26. The van der Waals surface area contributed by atoms with E-state index >= 15 is 0 Å². The molecule has 19 heavy (non-hydrogen) atoms. The first-order valence-electron chi connectivity index (χ1n) is 6.20. The molecule has 0 saturated carbocycles. The second-order valence-electron chi connectivity index (χ2n) is 4.50. The van der Waals surface area contributed by atoms with Crippen LogP contribution in [0.2, 0.25) is 4.34 Å². The summed E-state index contributed by atoms with van der Waals surface area (Å²) >= 11 is 7.63. The quantitative estimate of drug-likeness (QED) is 0.891. The smallest absolute Gasteiger partial charge is 0.122 e. The molecule has 1 aromatic heterocycles. The van der Waals surface area contributed by atoms with Gasteiger partial charge in [-0.25, -0.2) is 0 Å². The van der Waals surface area contributed by atoms with Crippen LogP contribution in [0.15, 0.2) is 30.3 Å². The molecule has 1 atom stereocenters. The van der Waals surface area contributed by atoms with Gasteiger partial charge >= 0.3 is 0 Å². The third-order valence-electron chi connectivity index (χ3n) is 3.15. The van der Waals surface area contributed by atoms with E-state index in [1.807, 2.05) is 19.2 Å². The van der Waals surface area contributed by atoms with Crippen molar-refractivity contribution in [3.05, 3.63) is 50.7 Å². The molecule has 1 unspecified atom stereocenters. The molecule has 1 N–H and O–H groups in total. The van der Waals surface area contributed by atoms with Gasteiger partial charge in [0.05, 0.1) is 11.4 Å². The minimum absolute atomic E-state index is 0.258. The molecule has 4 heteroatoms. The van der Waals surface area contributed by atoms with Crippen LogP contribution < -0.4 is 10.1 Å². The van der Waals surface area contributed by atoms with E-state index in [2.05, 4.69) is 30.4 Å². The number of hydrogen-bond acceptors (Lipinski definition) is 3. The van der Waals surface area contributed by atoms with Gasteiger partial charge in [-0.1, -0.05) is 29.3 Å². The summed E-state index contributed by atoms with van der Waals surface area (Å²) in [6.07, 6.45) is 0.887. The van der Waals surface area contributed by atoms with Crippen molar-refractivity contribution in [1.82, 2.24) is 5.32 Å². The average molecular weight is 296 g/mol. The standard InChI is InChI=1S/C15H18ClNOS/c1-10-4-5-13(18-3)11(8-10)9-12(17-2)14-6-7-15(16)19-14/h4-8,12,17H,9H2,1-3H3. The highest BCUT2D eigenvalue weighted by Gasteiger charge is 2.15. The zero-order valence-corrected chi connectivity index (χ0v) is 12.9. The molecule has 1 heterocycles. The summed E-state index contributed by atoms with van der Waals surface area (Å²) in [5.74, 6) is 0.938. The molecular weight excluding hydrogens is 278 g/mol. The highest BCUT2D eigenvalue weighted by atomic mass is 35.5. The molecule has 0 aliphatic rings. The van der Waals surface area contributed by atoms with Crippen molar-refractivity contribution in [2.24, 2.45) is 0 Å². The number of ether oxygens (including phenoxy) is 1. The maximum Gasteiger partial charge on any atom is 0.122 e. The number of likely N-dealkylation sites (N-methyl/N-ethyl adjacent to an activating group) is 1. The molecule has 1 aromatic carbocycles. The van der Waals surface area contributed by atoms with Gasteiger partial charge in [-0.15, -0.1) is 11.3 Å². The van der Waals surface area contributed by atoms with E-state index < -0.39 is 0 Å². The maximum atomic E-state index is 6.01. The fraction of sp³-hybridized carbons (Fsp3) is 0.333. The Morgan fingerprint density at radius 3 is 2.68 bits per heavy atom. The van der Waals surface area contributed by atoms with E-state index in [-0.39, 0.29) is 6.04 Å². The molecule has 0 aliphatic carbocycles. The lowest BCUT2D eigenvalue weighted by Crippen LogP contribution is -2.18. The first-order valence-corrected chi connectivity index (χ1v) is 7.39. The maximum absolute atomic E-state index is 6.01. The lowest BCUT2D eigenvalue weighted by atomic mass is 10.0. The molecule has 0 spiro atoms. The molecule has 0 bridgehead atoms. The monoisotopic (exact) mass is 295 g/mol. The Morgan fingerprint density at radius 1 is 1.32 bits per heavy atom. The number of methoxy groups -OCH3 is 1. The van der Waals surface area contributed by atoms with E-state index in [4.69, 9.17) is 16.3 Å². The summed E-state index contributed by atoms with van der Waals surface area (Å²) in [5, 5.41) is 3.35. The summed E-state index contributed by atoms with van der Waals surface area (Å²) in [4.78, 5) is 1.25. The van der Waals surface area contributed by atoms with Crippen LogP contribution in [0.4, 0.5) is 0 Å². The Morgan fingerprint density at radius 2 is 2.11 bits per heavy atom. The fourth-order valence-electron chi connectivity index (χ4n) is 2.15. The zero-order chi connectivity index (χ0) is 13.8. The number of aryl methyl sites for hydroxylation is 1. The Labute approximate surface area is 123 Å². The number of hydrogen-bond donors (Lipinski definition) is 1. The number of nitrogens with one attached hydrogen (secondary N) is 1. The van der Waals surface area contributed by atoms with Gasteiger partial charge in [0, 0.05) is 10.9 Å². The first-order chi connectivity index (χ1) is 9.13. The van der Waals surface area contributed by atoms with Crippen LogP contribution in [0.5, 0.6) is 5.75 Å². The third-order valence-corrected chi connectivity index (χ3v) is 4.49. The lowest BCUT2D eigenvalue weighted by molar-refractivity contribution is 0.406. The summed E-state index contributed by atoms with van der Waals surface area (Å²) in [6, 6.07) is 10.6. The largest absolute Gasteiger partial charge is 0.496 e. The van der Waals surface area contributed by atoms with Crippen LogP contribution >= 0.6 is 22.9 Å². The van der Waals surface area contributed by atoms with E-state index in [1.54, 1.807) is 18.4 Å². The van der Waals surface area contributed by atoms with Crippen molar-refractivity contribution >= 4 is 22.9 Å². The van der Waals surface area contributed by atoms with Crippen molar-refractivity contribution in [3.8, 4) is 5.75 Å². The van der Waals surface area contributed by atoms with Crippen molar-refractivity contribution in [2.75, 3.05) is 14.2 Å². The first kappa shape index (κ1) is 14.4. The minimum Gasteiger partial charge on any atom is -0.496 e. The number of thiophene rings is 1. The Balaban J connectivity index is 2.25. The predicted octanol–water partition coefficient (Wildman–Crippen LogP) is 4.22. The van der Waals surface area contributed by atoms with Gasteiger partial charge in [0.15, 0.2) is 0 Å². The Bertz CT molecular complexity index is 553. The van der Waals surface area contributed by atoms with Gasteiger partial charge in [0.1, 0.15) is 5.75 Å². The van der Waals surface area contributed by atoms with E-state index in [9.17, 15) is 0 Å². The van der Waals surface area contributed by atoms with Crippen LogP contribution in [0.3, 0.4) is 0 Å². The molecule has 0 fully saturated rings. The van der Waals surface area contributed by atoms with Crippen molar-refractivity contribution in [3.63, 3.8) is 0 Å². The highest BCUT2D eigenvalue weighted by Crippen LogP contribution is 2.31. The predicted molar refractivity (Wildman–Crippen MR) is 82.6 cm³/mol. The van der Waals surface area contributed by atoms with Crippen LogP contribution in [-0.2, 0) is 6.42 Å². The molecule has 2 nitrogen and oxygen atoms in total. The molecule has 2 aromatic rings. The number of benzene rings is 1.